The Balaban J connectivity index is 2.89. The summed E-state index contributed by atoms with van der Waals surface area (Å²) in [5.74, 6) is 0. The normalized spacial score (nSPS) is 11.7. The topological polar surface area (TPSA) is 18.5 Å². The van der Waals surface area contributed by atoms with Crippen LogP contribution >= 0.6 is 0 Å². The van der Waals surface area contributed by atoms with Crippen LogP contribution in [0.25, 0.3) is 0 Å². The van der Waals surface area contributed by atoms with E-state index in [9.17, 15) is 0 Å². The first-order valence-electron chi connectivity index (χ1n) is 6.62. The third-order valence-corrected chi connectivity index (χ3v) is 6.24. The number of benzene rings is 1. The Labute approximate surface area is 106 Å². The van der Waals surface area contributed by atoms with Crippen LogP contribution in [0.15, 0.2) is 30.3 Å². The molecule has 96 valence electrons. The van der Waals surface area contributed by atoms with Gasteiger partial charge >= 0.3 is 8.56 Å². The third kappa shape index (κ3) is 3.94. The molecule has 0 aromatic heterocycles. The summed E-state index contributed by atoms with van der Waals surface area (Å²) in [4.78, 5) is 0. The molecule has 0 N–H and O–H groups in total. The molecule has 0 saturated carbocycles. The molecule has 0 unspecified atom stereocenters. The van der Waals surface area contributed by atoms with Crippen molar-refractivity contribution in [3.8, 4) is 0 Å². The van der Waals surface area contributed by atoms with Crippen molar-refractivity contribution in [2.75, 3.05) is 13.2 Å². The van der Waals surface area contributed by atoms with E-state index in [4.69, 9.17) is 8.85 Å². The molecule has 2 nitrogen and oxygen atoms in total. The van der Waals surface area contributed by atoms with Gasteiger partial charge in [-0.25, -0.2) is 0 Å². The third-order valence-electron chi connectivity index (χ3n) is 2.76. The Morgan fingerprint density at radius 3 is 1.82 bits per heavy atom. The predicted octanol–water partition coefficient (Wildman–Crippen LogP) is 3.21. The first-order valence-corrected chi connectivity index (χ1v) is 8.64. The van der Waals surface area contributed by atoms with Crippen LogP contribution in [0.4, 0.5) is 0 Å². The summed E-state index contributed by atoms with van der Waals surface area (Å²) >= 11 is 0. The number of rotatable bonds is 8. The second-order valence-electron chi connectivity index (χ2n) is 4.17. The standard InChI is InChI=1S/C14H24O2Si/c1-4-12-15-17(6-3,16-13-5-2)14-10-8-7-9-11-14/h7-11H,4-6,12-13H2,1-3H3. The van der Waals surface area contributed by atoms with Gasteiger partial charge < -0.3 is 8.85 Å². The van der Waals surface area contributed by atoms with Gasteiger partial charge in [-0.1, -0.05) is 51.1 Å². The fourth-order valence-electron chi connectivity index (χ4n) is 1.84. The monoisotopic (exact) mass is 252 g/mol. The van der Waals surface area contributed by atoms with Crippen molar-refractivity contribution >= 4 is 13.7 Å². The van der Waals surface area contributed by atoms with Gasteiger partial charge in [-0.15, -0.1) is 0 Å². The van der Waals surface area contributed by atoms with Crippen molar-refractivity contribution < 1.29 is 8.85 Å². The lowest BCUT2D eigenvalue weighted by Crippen LogP contribution is -2.53. The lowest BCUT2D eigenvalue weighted by atomic mass is 10.4. The number of hydrogen-bond acceptors (Lipinski definition) is 2. The molecular weight excluding hydrogens is 228 g/mol. The van der Waals surface area contributed by atoms with E-state index in [2.05, 4.69) is 45.0 Å². The minimum atomic E-state index is -2.19. The maximum absolute atomic E-state index is 6.13. The fraction of sp³-hybridized carbons (Fsp3) is 0.571. The molecule has 0 fully saturated rings. The van der Waals surface area contributed by atoms with Crippen molar-refractivity contribution in [2.24, 2.45) is 0 Å². The smallest absolute Gasteiger partial charge is 0.372 e. The van der Waals surface area contributed by atoms with E-state index in [1.807, 2.05) is 6.07 Å². The molecule has 0 amide bonds. The highest BCUT2D eigenvalue weighted by molar-refractivity contribution is 6.81. The second-order valence-corrected chi connectivity index (χ2v) is 7.54. The van der Waals surface area contributed by atoms with E-state index in [1.54, 1.807) is 0 Å². The molecular formula is C14H24O2Si. The molecule has 0 aliphatic heterocycles. The van der Waals surface area contributed by atoms with Crippen LogP contribution in [-0.2, 0) is 8.85 Å². The van der Waals surface area contributed by atoms with Gasteiger partial charge in [0.05, 0.1) is 0 Å². The summed E-state index contributed by atoms with van der Waals surface area (Å²) < 4.78 is 12.3. The van der Waals surface area contributed by atoms with E-state index in [-0.39, 0.29) is 0 Å². The summed E-state index contributed by atoms with van der Waals surface area (Å²) in [5.41, 5.74) is 0. The first kappa shape index (κ1) is 14.4. The SMILES string of the molecule is CCCO[Si](CC)(OCCC)c1ccccc1. The zero-order valence-corrected chi connectivity index (χ0v) is 12.2. The van der Waals surface area contributed by atoms with E-state index < -0.39 is 8.56 Å². The van der Waals surface area contributed by atoms with Crippen LogP contribution in [-0.4, -0.2) is 21.8 Å². The molecule has 0 radical (unpaired) electrons. The summed E-state index contributed by atoms with van der Waals surface area (Å²) in [6.45, 7) is 8.03. The Bertz CT molecular complexity index is 292. The molecule has 0 heterocycles. The molecule has 0 aliphatic carbocycles. The molecule has 17 heavy (non-hydrogen) atoms. The minimum absolute atomic E-state index is 0.790. The molecule has 0 aliphatic rings. The van der Waals surface area contributed by atoms with Crippen molar-refractivity contribution in [3.05, 3.63) is 30.3 Å². The summed E-state index contributed by atoms with van der Waals surface area (Å²) in [6, 6.07) is 11.4. The van der Waals surface area contributed by atoms with Gasteiger partial charge in [0.2, 0.25) is 0 Å². The Kier molecular flexibility index (Phi) is 6.48. The first-order chi connectivity index (χ1) is 8.29. The summed E-state index contributed by atoms with van der Waals surface area (Å²) in [5, 5.41) is 1.25. The molecule has 0 atom stereocenters. The highest BCUT2D eigenvalue weighted by Gasteiger charge is 2.37. The molecule has 1 aromatic rings. The molecule has 3 heteroatoms. The van der Waals surface area contributed by atoms with Gasteiger partial charge in [0, 0.05) is 13.2 Å². The van der Waals surface area contributed by atoms with Crippen molar-refractivity contribution in [1.82, 2.24) is 0 Å². The van der Waals surface area contributed by atoms with Crippen LogP contribution in [0, 0.1) is 0 Å². The maximum Gasteiger partial charge on any atom is 0.372 e. The average molecular weight is 252 g/mol. The lowest BCUT2D eigenvalue weighted by Gasteiger charge is -2.30. The van der Waals surface area contributed by atoms with E-state index >= 15 is 0 Å². The van der Waals surface area contributed by atoms with E-state index in [0.29, 0.717) is 0 Å². The number of hydrogen-bond donors (Lipinski definition) is 0. The van der Waals surface area contributed by atoms with Gasteiger partial charge in [0.1, 0.15) is 0 Å². The van der Waals surface area contributed by atoms with E-state index in [1.165, 1.54) is 5.19 Å². The van der Waals surface area contributed by atoms with Crippen LogP contribution in [0.2, 0.25) is 6.04 Å². The van der Waals surface area contributed by atoms with Gasteiger partial charge in [0.15, 0.2) is 0 Å². The fourth-order valence-corrected chi connectivity index (χ4v) is 4.84. The minimum Gasteiger partial charge on any atom is -0.391 e. The van der Waals surface area contributed by atoms with Gasteiger partial charge in [-0.3, -0.25) is 0 Å². The Morgan fingerprint density at radius 1 is 0.882 bits per heavy atom. The van der Waals surface area contributed by atoms with Gasteiger partial charge in [-0.05, 0) is 24.1 Å². The van der Waals surface area contributed by atoms with Crippen molar-refractivity contribution in [3.63, 3.8) is 0 Å². The summed E-state index contributed by atoms with van der Waals surface area (Å²) in [6.07, 6.45) is 2.08. The van der Waals surface area contributed by atoms with Crippen molar-refractivity contribution in [2.45, 2.75) is 39.7 Å². The zero-order valence-electron chi connectivity index (χ0n) is 11.2. The second kappa shape index (κ2) is 7.64. The molecule has 0 spiro atoms. The largest absolute Gasteiger partial charge is 0.391 e. The molecule has 0 bridgehead atoms. The molecule has 0 saturated heterocycles. The zero-order chi connectivity index (χ0) is 12.6. The van der Waals surface area contributed by atoms with Crippen LogP contribution in [0.1, 0.15) is 33.6 Å². The van der Waals surface area contributed by atoms with E-state index in [0.717, 1.165) is 32.1 Å². The Hall–Kier alpha value is -0.643. The predicted molar refractivity (Wildman–Crippen MR) is 74.8 cm³/mol. The lowest BCUT2D eigenvalue weighted by molar-refractivity contribution is 0.180. The summed E-state index contributed by atoms with van der Waals surface area (Å²) in [7, 11) is -2.19. The van der Waals surface area contributed by atoms with Gasteiger partial charge in [0.25, 0.3) is 0 Å². The molecule has 1 aromatic carbocycles. The highest BCUT2D eigenvalue weighted by Crippen LogP contribution is 2.14. The highest BCUT2D eigenvalue weighted by atomic mass is 28.4. The van der Waals surface area contributed by atoms with Crippen LogP contribution in [0.5, 0.6) is 0 Å². The maximum atomic E-state index is 6.13. The van der Waals surface area contributed by atoms with Crippen molar-refractivity contribution in [1.29, 1.82) is 0 Å². The molecule has 1 rings (SSSR count). The Morgan fingerprint density at radius 2 is 1.41 bits per heavy atom. The van der Waals surface area contributed by atoms with Gasteiger partial charge in [-0.2, -0.15) is 0 Å². The average Bonchev–Trinajstić information content (AvgIpc) is 2.41. The quantitative estimate of drug-likeness (QED) is 0.661. The van der Waals surface area contributed by atoms with Crippen LogP contribution < -0.4 is 5.19 Å². The van der Waals surface area contributed by atoms with Crippen LogP contribution in [0.3, 0.4) is 0 Å².